The van der Waals surface area contributed by atoms with Crippen LogP contribution in [0, 0.1) is 13.8 Å². The summed E-state index contributed by atoms with van der Waals surface area (Å²) >= 11 is 0. The van der Waals surface area contributed by atoms with Crippen molar-refractivity contribution in [3.05, 3.63) is 118 Å². The molecule has 17 nitrogen and oxygen atoms in total. The fraction of sp³-hybridized carbons (Fsp3) is 0.304. The Morgan fingerprint density at radius 1 is 0.825 bits per heavy atom. The van der Waals surface area contributed by atoms with Gasteiger partial charge >= 0.3 is 0 Å². The van der Waals surface area contributed by atoms with Crippen molar-refractivity contribution in [2.45, 2.75) is 65.5 Å². The van der Waals surface area contributed by atoms with Gasteiger partial charge in [0.1, 0.15) is 0 Å². The molecule has 0 saturated carbocycles. The van der Waals surface area contributed by atoms with Crippen LogP contribution >= 0.6 is 0 Å². The standard InChI is InChI=1S/C23H26N6O3.C23H24N6O2/c1-15-12-16(13-19(25-15)17-14-24-28(2)22(17)32)21(31)27-23-26-18-8-4-5-9-20(18)29(23)10-6-3-7-11-30;1-15-12-16-13-19(25-15)17-14-24-28(2)22(17)31-11-7-3-6-10-29-20-9-5-4-8-18(20)26-23(29)27-21(16)30/h4-5,8-9,12-14,24,30H,3,6-7,10-11H2,1-2H3,(H,26,27,31);4-5,8-9,12-14H,3,6-7,10-11H2,1-2H3,(H,26,27,30). The molecule has 1 aliphatic heterocycles. The number of benzene rings is 2. The minimum absolute atomic E-state index is 0.169. The van der Waals surface area contributed by atoms with E-state index in [4.69, 9.17) is 9.84 Å². The van der Waals surface area contributed by atoms with Gasteiger partial charge in [0.25, 0.3) is 17.4 Å². The van der Waals surface area contributed by atoms with Crippen LogP contribution in [0.4, 0.5) is 11.9 Å². The summed E-state index contributed by atoms with van der Waals surface area (Å²) in [5.74, 6) is 1.16. The third kappa shape index (κ3) is 9.28. The molecule has 6 aromatic heterocycles. The Balaban J connectivity index is 0.000000173. The Bertz CT molecular complexity index is 2990. The number of para-hydroxylation sites is 4. The Morgan fingerprint density at radius 2 is 1.56 bits per heavy atom. The van der Waals surface area contributed by atoms with Gasteiger partial charge in [-0.05, 0) is 101 Å². The van der Waals surface area contributed by atoms with E-state index in [1.165, 1.54) is 4.68 Å². The van der Waals surface area contributed by atoms with Crippen molar-refractivity contribution in [2.75, 3.05) is 23.8 Å². The minimum Gasteiger partial charge on any atom is -0.477 e. The molecular weight excluding hydrogens is 801 g/mol. The van der Waals surface area contributed by atoms with Crippen molar-refractivity contribution in [3.8, 4) is 28.4 Å². The molecule has 1 aliphatic rings. The number of nitrogens with zero attached hydrogens (tertiary/aromatic N) is 9. The molecule has 0 spiro atoms. The average Bonchev–Trinajstić information content (AvgIpc) is 4.02. The van der Waals surface area contributed by atoms with Gasteiger partial charge in [-0.2, -0.15) is 5.10 Å². The number of hydrogen-bond donors (Lipinski definition) is 4. The van der Waals surface area contributed by atoms with Crippen LogP contribution in [-0.4, -0.2) is 78.8 Å². The number of carbonyl (C=O) groups excluding carboxylic acids is 2. The summed E-state index contributed by atoms with van der Waals surface area (Å²) in [6.45, 7) is 5.88. The van der Waals surface area contributed by atoms with Gasteiger partial charge in [0.15, 0.2) is 0 Å². The molecule has 0 atom stereocenters. The van der Waals surface area contributed by atoms with E-state index < -0.39 is 0 Å². The number of aliphatic hydroxyl groups is 1. The largest absolute Gasteiger partial charge is 0.477 e. The topological polar surface area (TPSA) is 205 Å². The highest BCUT2D eigenvalue weighted by Gasteiger charge is 2.21. The third-order valence-electron chi connectivity index (χ3n) is 10.9. The number of aliphatic hydroxyl groups excluding tert-OH is 1. The number of hydrogen-bond acceptors (Lipinski definition) is 10. The lowest BCUT2D eigenvalue weighted by Gasteiger charge is -2.11. The Morgan fingerprint density at radius 3 is 2.32 bits per heavy atom. The quantitative estimate of drug-likeness (QED) is 0.118. The number of rotatable bonds is 8. The maximum atomic E-state index is 13.2. The zero-order chi connectivity index (χ0) is 44.0. The van der Waals surface area contributed by atoms with Crippen LogP contribution in [0.1, 0.15) is 70.6 Å². The van der Waals surface area contributed by atoms with E-state index in [1.54, 1.807) is 55.3 Å². The van der Waals surface area contributed by atoms with Gasteiger partial charge in [0.05, 0.1) is 57.4 Å². The SMILES string of the molecule is Cc1cc(C(=O)Nc2nc3ccccc3n2CCCCCO)cc(-c2c[nH]n(C)c2=O)n1.Cc1cc2cc(n1)-c1cnn(C)c1OCCCCCn1c(nc3ccccc31)NC2=O. The highest BCUT2D eigenvalue weighted by molar-refractivity contribution is 6.05. The van der Waals surface area contributed by atoms with Crippen LogP contribution < -0.4 is 20.9 Å². The summed E-state index contributed by atoms with van der Waals surface area (Å²) in [7, 11) is 3.47. The summed E-state index contributed by atoms with van der Waals surface area (Å²) < 4.78 is 13.2. The van der Waals surface area contributed by atoms with E-state index in [0.717, 1.165) is 78.4 Å². The van der Waals surface area contributed by atoms with E-state index in [-0.39, 0.29) is 24.0 Å². The lowest BCUT2D eigenvalue weighted by Crippen LogP contribution is -2.17. The van der Waals surface area contributed by atoms with Crippen LogP contribution in [-0.2, 0) is 27.2 Å². The number of H-pyrrole nitrogens is 1. The summed E-state index contributed by atoms with van der Waals surface area (Å²) in [6, 6.07) is 22.5. The Labute approximate surface area is 362 Å². The molecule has 63 heavy (non-hydrogen) atoms. The smallest absolute Gasteiger partial charge is 0.275 e. The molecule has 324 valence electrons. The molecule has 2 bridgehead atoms. The molecule has 0 radical (unpaired) electrons. The predicted octanol–water partition coefficient (Wildman–Crippen LogP) is 6.80. The van der Waals surface area contributed by atoms with Crippen molar-refractivity contribution in [3.63, 3.8) is 0 Å². The van der Waals surface area contributed by atoms with Crippen LogP contribution in [0.15, 0.2) is 90.0 Å². The first kappa shape index (κ1) is 42.3. The molecule has 2 amide bonds. The third-order valence-corrected chi connectivity index (χ3v) is 10.9. The van der Waals surface area contributed by atoms with Gasteiger partial charge in [0.2, 0.25) is 17.8 Å². The first-order valence-corrected chi connectivity index (χ1v) is 21.1. The lowest BCUT2D eigenvalue weighted by molar-refractivity contribution is 0.101. The Hall–Kier alpha value is -7.40. The number of aryl methyl sites for hydroxylation is 6. The molecule has 0 fully saturated rings. The van der Waals surface area contributed by atoms with Crippen LogP contribution in [0.3, 0.4) is 0 Å². The monoisotopic (exact) mass is 850 g/mol. The predicted molar refractivity (Wildman–Crippen MR) is 241 cm³/mol. The summed E-state index contributed by atoms with van der Waals surface area (Å²) in [5, 5.41) is 22.1. The molecular formula is C46H50N12O5. The summed E-state index contributed by atoms with van der Waals surface area (Å²) in [5.41, 5.74) is 8.00. The molecule has 17 heteroatoms. The molecule has 2 aromatic carbocycles. The summed E-state index contributed by atoms with van der Waals surface area (Å²) in [6.07, 6.45) is 8.68. The van der Waals surface area contributed by atoms with Crippen LogP contribution in [0.5, 0.6) is 5.88 Å². The molecule has 9 rings (SSSR count). The maximum absolute atomic E-state index is 13.2. The molecule has 0 unspecified atom stereocenters. The average molecular weight is 851 g/mol. The fourth-order valence-electron chi connectivity index (χ4n) is 7.71. The minimum atomic E-state index is -0.323. The normalized spacial score (nSPS) is 12.9. The zero-order valence-electron chi connectivity index (χ0n) is 35.8. The first-order valence-electron chi connectivity index (χ1n) is 21.1. The number of imidazole rings is 2. The highest BCUT2D eigenvalue weighted by atomic mass is 16.5. The lowest BCUT2D eigenvalue weighted by atomic mass is 10.1. The number of carbonyl (C=O) groups is 2. The van der Waals surface area contributed by atoms with Gasteiger partial charge in [-0.1, -0.05) is 24.3 Å². The van der Waals surface area contributed by atoms with E-state index >= 15 is 0 Å². The first-order chi connectivity index (χ1) is 30.6. The number of fused-ring (bicyclic) bond motifs is 8. The van der Waals surface area contributed by atoms with Crippen LogP contribution in [0.25, 0.3) is 44.6 Å². The second-order valence-electron chi connectivity index (χ2n) is 15.6. The second-order valence-corrected chi connectivity index (χ2v) is 15.6. The van der Waals surface area contributed by atoms with Crippen molar-refractivity contribution in [1.82, 2.24) is 48.6 Å². The van der Waals surface area contributed by atoms with E-state index in [0.29, 0.717) is 64.7 Å². The van der Waals surface area contributed by atoms with E-state index in [2.05, 4.69) is 45.3 Å². The van der Waals surface area contributed by atoms with E-state index in [1.807, 2.05) is 67.1 Å². The van der Waals surface area contributed by atoms with Crippen molar-refractivity contribution < 1.29 is 19.4 Å². The summed E-state index contributed by atoms with van der Waals surface area (Å²) in [4.78, 5) is 56.9. The number of aromatic amines is 1. The number of amides is 2. The number of ether oxygens (including phenoxy) is 1. The number of anilines is 2. The van der Waals surface area contributed by atoms with Crippen molar-refractivity contribution >= 4 is 45.8 Å². The molecule has 7 heterocycles. The zero-order valence-corrected chi connectivity index (χ0v) is 35.8. The second kappa shape index (κ2) is 18.7. The van der Waals surface area contributed by atoms with Crippen molar-refractivity contribution in [2.24, 2.45) is 14.1 Å². The van der Waals surface area contributed by atoms with Gasteiger partial charge in [-0.15, -0.1) is 0 Å². The van der Waals surface area contributed by atoms with Gasteiger partial charge in [-0.3, -0.25) is 39.7 Å². The number of aromatic nitrogens is 10. The van der Waals surface area contributed by atoms with Gasteiger partial charge < -0.3 is 24.1 Å². The van der Waals surface area contributed by atoms with Crippen LogP contribution in [0.2, 0.25) is 0 Å². The molecule has 4 N–H and O–H groups in total. The van der Waals surface area contributed by atoms with Gasteiger partial charge in [0, 0.05) is 62.5 Å². The fourth-order valence-corrected chi connectivity index (χ4v) is 7.71. The molecule has 0 saturated heterocycles. The Kier molecular flexibility index (Phi) is 12.6. The maximum Gasteiger partial charge on any atom is 0.275 e. The number of unbranched alkanes of at least 4 members (excludes halogenated alkanes) is 2. The molecule has 0 aliphatic carbocycles. The number of pyridine rings is 2. The van der Waals surface area contributed by atoms with Gasteiger partial charge in [-0.25, -0.2) is 14.6 Å². The van der Waals surface area contributed by atoms with Crippen molar-refractivity contribution in [1.29, 1.82) is 0 Å². The molecule has 8 aromatic rings. The van der Waals surface area contributed by atoms with E-state index in [9.17, 15) is 14.4 Å². The number of nitrogens with one attached hydrogen (secondary N) is 3. The highest BCUT2D eigenvalue weighted by Crippen LogP contribution is 2.30.